The lowest BCUT2D eigenvalue weighted by Gasteiger charge is -2.27. The highest BCUT2D eigenvalue weighted by Gasteiger charge is 2.54. The van der Waals surface area contributed by atoms with Crippen molar-refractivity contribution in [3.05, 3.63) is 94.7 Å². The van der Waals surface area contributed by atoms with E-state index in [2.05, 4.69) is 25.6 Å². The van der Waals surface area contributed by atoms with Crippen LogP contribution in [-0.4, -0.2) is 43.6 Å². The second-order valence-electron chi connectivity index (χ2n) is 8.79. The van der Waals surface area contributed by atoms with Crippen LogP contribution < -0.4 is 10.3 Å². The van der Waals surface area contributed by atoms with E-state index in [1.165, 1.54) is 18.3 Å². The van der Waals surface area contributed by atoms with Gasteiger partial charge >= 0.3 is 6.18 Å². The third kappa shape index (κ3) is 5.68. The zero-order valence-electron chi connectivity index (χ0n) is 21.0. The van der Waals surface area contributed by atoms with Crippen molar-refractivity contribution in [2.45, 2.75) is 17.5 Å². The Kier molecular flexibility index (Phi) is 7.94. The number of hydrogen-bond donors (Lipinski definition) is 2. The van der Waals surface area contributed by atoms with Gasteiger partial charge in [-0.15, -0.1) is 21.5 Å². The minimum Gasteiger partial charge on any atom is -0.759 e. The Balaban J connectivity index is 1.71. The number of hydrogen-bond acceptors (Lipinski definition) is 11. The third-order valence-electron chi connectivity index (χ3n) is 6.09. The second kappa shape index (κ2) is 11.2. The van der Waals surface area contributed by atoms with Gasteiger partial charge < -0.3 is 8.97 Å². The van der Waals surface area contributed by atoms with Gasteiger partial charge in [-0.25, -0.2) is 23.8 Å². The molecule has 0 amide bonds. The molecule has 0 saturated heterocycles. The summed E-state index contributed by atoms with van der Waals surface area (Å²) >= 11 is -1.75. The zero-order valence-corrected chi connectivity index (χ0v) is 23.5. The van der Waals surface area contributed by atoms with Crippen molar-refractivity contribution in [3.8, 4) is 11.1 Å². The lowest BCUT2D eigenvalue weighted by Crippen LogP contribution is -2.38. The Morgan fingerprint density at radius 1 is 1.02 bits per heavy atom. The van der Waals surface area contributed by atoms with Crippen LogP contribution in [0.2, 0.25) is 0 Å². The molecule has 2 atom stereocenters. The van der Waals surface area contributed by atoms with Crippen molar-refractivity contribution in [2.24, 2.45) is 0 Å². The van der Waals surface area contributed by atoms with E-state index >= 15 is 0 Å². The molecule has 42 heavy (non-hydrogen) atoms. The first-order valence-electron chi connectivity index (χ1n) is 11.6. The van der Waals surface area contributed by atoms with Crippen LogP contribution >= 0.6 is 11.3 Å². The summed E-state index contributed by atoms with van der Waals surface area (Å²) in [5.74, 6) is -1.41. The highest BCUT2D eigenvalue weighted by atomic mass is 32.2. The number of alkyl halides is 3. The van der Waals surface area contributed by atoms with Gasteiger partial charge in [-0.3, -0.25) is 4.21 Å². The molecule has 0 aliphatic rings. The molecule has 0 aliphatic carbocycles. The number of fused-ring (bicyclic) bond motifs is 1. The molecule has 2 aromatic carbocycles. The molecule has 5 aromatic rings. The summed E-state index contributed by atoms with van der Waals surface area (Å²) in [4.78, 5) is 10.0. The van der Waals surface area contributed by atoms with E-state index in [0.29, 0.717) is 21.3 Å². The summed E-state index contributed by atoms with van der Waals surface area (Å²) in [6.07, 6.45) is -2.50. The molecule has 2 N–H and O–H groups in total. The van der Waals surface area contributed by atoms with Crippen LogP contribution in [0.5, 0.6) is 0 Å². The molecule has 18 heteroatoms. The predicted octanol–water partition coefficient (Wildman–Crippen LogP) is 3.62. The molecule has 0 radical (unpaired) electrons. The van der Waals surface area contributed by atoms with E-state index in [-0.39, 0.29) is 23.0 Å². The van der Waals surface area contributed by atoms with Crippen LogP contribution in [-0.2, 0) is 38.6 Å². The first kappa shape index (κ1) is 29.8. The standard InChI is InChI=1S/C24H18F4N6O5S3/c1-42(37,38)23(15-4-6-16(7-5-15)24(26,27)28,21-33-32-20(39-21)12-30-34-41(35)36)22-31-17-8-2-13(10-18(17)40-22)14-3-9-19(25)29-11-14/h2-11,30,34H,12H2,1H3,(H,35,36)/p-1. The first-order chi connectivity index (χ1) is 19.8. The van der Waals surface area contributed by atoms with Gasteiger partial charge in [0.25, 0.3) is 0 Å². The highest BCUT2D eigenvalue weighted by molar-refractivity contribution is 7.92. The number of halogens is 4. The maximum absolute atomic E-state index is 13.7. The predicted molar refractivity (Wildman–Crippen MR) is 142 cm³/mol. The molecule has 2 unspecified atom stereocenters. The van der Waals surface area contributed by atoms with E-state index in [1.54, 1.807) is 18.2 Å². The number of nitrogens with zero attached hydrogens (tertiary/aromatic N) is 4. The minimum absolute atomic E-state index is 0.101. The monoisotopic (exact) mass is 641 g/mol. The summed E-state index contributed by atoms with van der Waals surface area (Å²) in [6, 6.07) is 11.1. The number of rotatable bonds is 9. The number of aromatic nitrogens is 4. The van der Waals surface area contributed by atoms with Crippen molar-refractivity contribution in [1.82, 2.24) is 30.4 Å². The number of nitrogens with one attached hydrogen (secondary N) is 2. The van der Waals surface area contributed by atoms with Gasteiger partial charge in [-0.1, -0.05) is 18.2 Å². The topological polar surface area (TPSA) is 163 Å². The second-order valence-corrected chi connectivity index (χ2v) is 12.7. The van der Waals surface area contributed by atoms with Crippen LogP contribution in [0.4, 0.5) is 17.6 Å². The van der Waals surface area contributed by atoms with Gasteiger partial charge in [0.1, 0.15) is 5.01 Å². The Labute approximate surface area is 241 Å². The summed E-state index contributed by atoms with van der Waals surface area (Å²) in [5, 5.41) is 7.59. The molecule has 11 nitrogen and oxygen atoms in total. The van der Waals surface area contributed by atoms with Gasteiger partial charge in [0, 0.05) is 29.3 Å². The van der Waals surface area contributed by atoms with Gasteiger partial charge in [-0.05, 0) is 47.5 Å². The Bertz CT molecular complexity index is 1880. The molecule has 3 heterocycles. The van der Waals surface area contributed by atoms with E-state index < -0.39 is 49.4 Å². The molecular weight excluding hydrogens is 624 g/mol. The normalized spacial score (nSPS) is 14.6. The maximum atomic E-state index is 13.7. The van der Waals surface area contributed by atoms with Gasteiger partial charge in [0.15, 0.2) is 9.84 Å². The van der Waals surface area contributed by atoms with Crippen molar-refractivity contribution in [2.75, 3.05) is 6.26 Å². The Morgan fingerprint density at radius 2 is 1.71 bits per heavy atom. The molecule has 0 bridgehead atoms. The van der Waals surface area contributed by atoms with Crippen molar-refractivity contribution in [1.29, 1.82) is 0 Å². The summed E-state index contributed by atoms with van der Waals surface area (Å²) in [7, 11) is -4.39. The number of benzene rings is 2. The fourth-order valence-corrected chi connectivity index (χ4v) is 7.40. The Morgan fingerprint density at radius 3 is 2.33 bits per heavy atom. The summed E-state index contributed by atoms with van der Waals surface area (Å²) in [5.41, 5.74) is 2.68. The van der Waals surface area contributed by atoms with Crippen LogP contribution in [0, 0.1) is 5.95 Å². The summed E-state index contributed by atoms with van der Waals surface area (Å²) < 4.78 is 106. The molecule has 0 fully saturated rings. The minimum atomic E-state index is -4.69. The molecule has 0 aliphatic heterocycles. The van der Waals surface area contributed by atoms with Crippen LogP contribution in [0.15, 0.2) is 65.2 Å². The van der Waals surface area contributed by atoms with E-state index in [0.717, 1.165) is 41.9 Å². The Hall–Kier alpha value is -3.68. The average Bonchev–Trinajstić information content (AvgIpc) is 3.55. The highest BCUT2D eigenvalue weighted by Crippen LogP contribution is 2.46. The molecule has 0 saturated carbocycles. The average molecular weight is 642 g/mol. The van der Waals surface area contributed by atoms with Crippen molar-refractivity contribution in [3.63, 3.8) is 0 Å². The summed E-state index contributed by atoms with van der Waals surface area (Å²) in [6.45, 7) is -0.345. The number of pyridine rings is 1. The van der Waals surface area contributed by atoms with E-state index in [4.69, 9.17) is 4.42 Å². The van der Waals surface area contributed by atoms with Crippen LogP contribution in [0.25, 0.3) is 21.3 Å². The fraction of sp³-hybridized carbons (Fsp3) is 0.167. The van der Waals surface area contributed by atoms with E-state index in [9.17, 15) is 34.7 Å². The fourth-order valence-electron chi connectivity index (χ4n) is 4.20. The number of sulfone groups is 1. The largest absolute Gasteiger partial charge is 0.759 e. The zero-order chi connectivity index (χ0) is 30.3. The molecule has 0 spiro atoms. The number of hydrazine groups is 1. The van der Waals surface area contributed by atoms with E-state index in [1.807, 2.05) is 4.83 Å². The van der Waals surface area contributed by atoms with Crippen molar-refractivity contribution >= 4 is 42.7 Å². The maximum Gasteiger partial charge on any atom is 0.416 e. The molecule has 3 aromatic heterocycles. The smallest absolute Gasteiger partial charge is 0.416 e. The first-order valence-corrected chi connectivity index (χ1v) is 15.4. The van der Waals surface area contributed by atoms with Crippen LogP contribution in [0.3, 0.4) is 0 Å². The lowest BCUT2D eigenvalue weighted by molar-refractivity contribution is -0.137. The SMILES string of the molecule is CS(=O)(=O)C(c1ccc(C(F)(F)F)cc1)(c1nnc(CNNS(=O)[O-])o1)c1nc2ccc(-c3ccc(F)nc3)cc2s1. The molecule has 5 rings (SSSR count). The van der Waals surface area contributed by atoms with Crippen molar-refractivity contribution < 1.29 is 39.2 Å². The third-order valence-corrected chi connectivity index (χ3v) is 9.38. The van der Waals surface area contributed by atoms with Crippen LogP contribution in [0.1, 0.15) is 27.9 Å². The number of thiazole rings is 1. The van der Waals surface area contributed by atoms with Gasteiger partial charge in [0.05, 0.1) is 22.3 Å². The van der Waals surface area contributed by atoms with Gasteiger partial charge in [0.2, 0.25) is 22.5 Å². The molecular formula is C24H17F4N6O5S3-. The quantitative estimate of drug-likeness (QED) is 0.105. The lowest BCUT2D eigenvalue weighted by atomic mass is 9.97. The molecule has 220 valence electrons. The van der Waals surface area contributed by atoms with Gasteiger partial charge in [-0.2, -0.15) is 22.4 Å².